The van der Waals surface area contributed by atoms with Crippen molar-refractivity contribution < 1.29 is 13.9 Å². The number of hydrogen-bond acceptors (Lipinski definition) is 4. The normalized spacial score (nSPS) is 13.5. The molecule has 1 amide bonds. The lowest BCUT2D eigenvalue weighted by Crippen LogP contribution is -2.36. The van der Waals surface area contributed by atoms with Crippen LogP contribution in [0.5, 0.6) is 5.75 Å². The molecule has 2 aromatic carbocycles. The van der Waals surface area contributed by atoms with Gasteiger partial charge in [0.2, 0.25) is 5.91 Å². The van der Waals surface area contributed by atoms with E-state index in [4.69, 9.17) is 9.15 Å². The molecule has 0 unspecified atom stereocenters. The molecule has 5 rings (SSSR count). The van der Waals surface area contributed by atoms with Crippen molar-refractivity contribution in [2.45, 2.75) is 32.7 Å². The van der Waals surface area contributed by atoms with Crippen LogP contribution in [0.15, 0.2) is 51.7 Å². The van der Waals surface area contributed by atoms with Crippen LogP contribution in [0.4, 0.5) is 0 Å². The number of nitrogens with one attached hydrogen (secondary N) is 1. The van der Waals surface area contributed by atoms with Gasteiger partial charge in [0, 0.05) is 65.1 Å². The Morgan fingerprint density at radius 3 is 2.87 bits per heavy atom. The highest BCUT2D eigenvalue weighted by atomic mass is 16.5. The minimum absolute atomic E-state index is 0.0598. The number of nitrogens with zero attached hydrogens (tertiary/aromatic N) is 1. The molecule has 0 spiro atoms. The molecule has 0 saturated heterocycles. The monoisotopic (exact) mass is 416 g/mol. The number of carbonyl (C=O) groups excluding carboxylic acids is 1. The summed E-state index contributed by atoms with van der Waals surface area (Å²) in [5, 5.41) is 2.04. The number of carbonyl (C=O) groups is 1. The topological polar surface area (TPSA) is 75.5 Å². The van der Waals surface area contributed by atoms with Gasteiger partial charge < -0.3 is 19.0 Å². The van der Waals surface area contributed by atoms with Gasteiger partial charge in [0.1, 0.15) is 11.3 Å². The van der Waals surface area contributed by atoms with Crippen LogP contribution in [-0.2, 0) is 24.2 Å². The number of ether oxygens (including phenoxy) is 1. The van der Waals surface area contributed by atoms with E-state index < -0.39 is 0 Å². The molecule has 1 aliphatic rings. The molecular formula is C25H24N2O4. The largest absolute Gasteiger partial charge is 0.497 e. The average molecular weight is 416 g/mol. The lowest BCUT2D eigenvalue weighted by molar-refractivity contribution is -0.132. The van der Waals surface area contributed by atoms with Crippen molar-refractivity contribution >= 4 is 27.8 Å². The number of fused-ring (bicyclic) bond motifs is 4. The Morgan fingerprint density at radius 2 is 2.03 bits per heavy atom. The van der Waals surface area contributed by atoms with Crippen LogP contribution in [0.1, 0.15) is 28.8 Å². The van der Waals surface area contributed by atoms with Gasteiger partial charge in [-0.2, -0.15) is 0 Å². The molecule has 0 saturated carbocycles. The molecule has 0 atom stereocenters. The molecule has 1 N–H and O–H groups in total. The van der Waals surface area contributed by atoms with Crippen molar-refractivity contribution in [1.82, 2.24) is 9.88 Å². The van der Waals surface area contributed by atoms with Gasteiger partial charge in [0.05, 0.1) is 7.11 Å². The third kappa shape index (κ3) is 3.38. The summed E-state index contributed by atoms with van der Waals surface area (Å²) in [6, 6.07) is 13.6. The summed E-state index contributed by atoms with van der Waals surface area (Å²) >= 11 is 0. The van der Waals surface area contributed by atoms with Crippen molar-refractivity contribution in [3.63, 3.8) is 0 Å². The maximum absolute atomic E-state index is 13.0. The fourth-order valence-corrected chi connectivity index (χ4v) is 4.56. The van der Waals surface area contributed by atoms with E-state index in [1.807, 2.05) is 36.1 Å². The van der Waals surface area contributed by atoms with Crippen molar-refractivity contribution in [2.24, 2.45) is 0 Å². The summed E-state index contributed by atoms with van der Waals surface area (Å²) in [7, 11) is 1.58. The zero-order valence-electron chi connectivity index (χ0n) is 17.7. The zero-order valence-corrected chi connectivity index (χ0v) is 17.7. The lowest BCUT2D eigenvalue weighted by Gasteiger charge is -2.27. The third-order valence-corrected chi connectivity index (χ3v) is 6.32. The fraction of sp³-hybridized carbons (Fsp3) is 0.280. The average Bonchev–Trinajstić information content (AvgIpc) is 3.16. The molecule has 2 aromatic heterocycles. The maximum atomic E-state index is 13.0. The first-order chi connectivity index (χ1) is 15.0. The van der Waals surface area contributed by atoms with E-state index in [2.05, 4.69) is 17.1 Å². The van der Waals surface area contributed by atoms with Gasteiger partial charge in [0.25, 0.3) is 0 Å². The number of aromatic nitrogens is 1. The first-order valence-corrected chi connectivity index (χ1v) is 10.5. The minimum atomic E-state index is -0.386. The predicted molar refractivity (Wildman–Crippen MR) is 120 cm³/mol. The van der Waals surface area contributed by atoms with Crippen molar-refractivity contribution in [2.75, 3.05) is 13.7 Å². The summed E-state index contributed by atoms with van der Waals surface area (Å²) < 4.78 is 10.7. The number of para-hydroxylation sites is 1. The van der Waals surface area contributed by atoms with Crippen LogP contribution in [0.2, 0.25) is 0 Å². The van der Waals surface area contributed by atoms with Gasteiger partial charge in [0.15, 0.2) is 0 Å². The Labute approximate surface area is 179 Å². The van der Waals surface area contributed by atoms with E-state index >= 15 is 0 Å². The number of H-pyrrole nitrogens is 1. The molecule has 158 valence electrons. The van der Waals surface area contributed by atoms with E-state index in [0.29, 0.717) is 36.4 Å². The zero-order chi connectivity index (χ0) is 21.5. The van der Waals surface area contributed by atoms with E-state index in [-0.39, 0.29) is 18.0 Å². The molecule has 3 heterocycles. The standard InChI is InChI=1S/C25H24N2O4/c1-15-17-8-7-16(30-2)13-23(17)31-25(29)18(15)9-10-24(28)27-12-11-22-20(14-27)19-5-3-4-6-21(19)26-22/h3-8,13,26H,9-12,14H2,1-2H3. The van der Waals surface area contributed by atoms with Gasteiger partial charge >= 0.3 is 5.63 Å². The molecule has 4 aromatic rings. The Balaban J connectivity index is 1.35. The predicted octanol–water partition coefficient (Wildman–Crippen LogP) is 4.11. The highest BCUT2D eigenvalue weighted by Crippen LogP contribution is 2.28. The molecule has 6 heteroatoms. The van der Waals surface area contributed by atoms with Gasteiger partial charge in [-0.15, -0.1) is 0 Å². The first-order valence-electron chi connectivity index (χ1n) is 10.5. The molecule has 31 heavy (non-hydrogen) atoms. The van der Waals surface area contributed by atoms with Gasteiger partial charge in [-0.25, -0.2) is 4.79 Å². The van der Waals surface area contributed by atoms with Crippen LogP contribution < -0.4 is 10.4 Å². The van der Waals surface area contributed by atoms with E-state index in [9.17, 15) is 9.59 Å². The Hall–Kier alpha value is -3.54. The molecule has 1 aliphatic heterocycles. The molecule has 0 fully saturated rings. The highest BCUT2D eigenvalue weighted by Gasteiger charge is 2.24. The number of aromatic amines is 1. The van der Waals surface area contributed by atoms with Crippen LogP contribution in [0.3, 0.4) is 0 Å². The number of aryl methyl sites for hydroxylation is 1. The van der Waals surface area contributed by atoms with E-state index in [1.165, 1.54) is 16.6 Å². The second-order valence-corrected chi connectivity index (χ2v) is 8.05. The summed E-state index contributed by atoms with van der Waals surface area (Å²) in [5.41, 5.74) is 5.07. The number of amides is 1. The Kier molecular flexibility index (Phi) is 4.77. The summed E-state index contributed by atoms with van der Waals surface area (Å²) in [4.78, 5) is 30.9. The summed E-state index contributed by atoms with van der Waals surface area (Å²) in [6.45, 7) is 3.19. The summed E-state index contributed by atoms with van der Waals surface area (Å²) in [6.07, 6.45) is 1.46. The van der Waals surface area contributed by atoms with E-state index in [0.717, 1.165) is 22.9 Å². The molecule has 0 bridgehead atoms. The smallest absolute Gasteiger partial charge is 0.339 e. The van der Waals surface area contributed by atoms with Crippen LogP contribution in [0, 0.1) is 6.92 Å². The second-order valence-electron chi connectivity index (χ2n) is 8.05. The second kappa shape index (κ2) is 7.61. The van der Waals surface area contributed by atoms with Crippen LogP contribution >= 0.6 is 0 Å². The van der Waals surface area contributed by atoms with E-state index in [1.54, 1.807) is 13.2 Å². The van der Waals surface area contributed by atoms with Crippen LogP contribution in [0.25, 0.3) is 21.9 Å². The highest BCUT2D eigenvalue weighted by molar-refractivity contribution is 5.86. The number of hydrogen-bond donors (Lipinski definition) is 1. The van der Waals surface area contributed by atoms with Crippen molar-refractivity contribution in [1.29, 1.82) is 0 Å². The lowest BCUT2D eigenvalue weighted by atomic mass is 10.0. The number of rotatable bonds is 4. The Morgan fingerprint density at radius 1 is 1.19 bits per heavy atom. The fourth-order valence-electron chi connectivity index (χ4n) is 4.56. The van der Waals surface area contributed by atoms with Crippen molar-refractivity contribution in [3.05, 3.63) is 75.3 Å². The molecule has 0 aliphatic carbocycles. The maximum Gasteiger partial charge on any atom is 0.339 e. The molecular weight excluding hydrogens is 392 g/mol. The number of benzene rings is 2. The van der Waals surface area contributed by atoms with Crippen LogP contribution in [-0.4, -0.2) is 29.4 Å². The van der Waals surface area contributed by atoms with Crippen molar-refractivity contribution in [3.8, 4) is 5.75 Å². The quantitative estimate of drug-likeness (QED) is 0.508. The Bertz CT molecular complexity index is 1370. The first kappa shape index (κ1) is 19.4. The van der Waals surface area contributed by atoms with Gasteiger partial charge in [-0.1, -0.05) is 18.2 Å². The third-order valence-electron chi connectivity index (χ3n) is 6.32. The molecule has 6 nitrogen and oxygen atoms in total. The number of methoxy groups -OCH3 is 1. The summed E-state index contributed by atoms with van der Waals surface area (Å²) in [5.74, 6) is 0.698. The minimum Gasteiger partial charge on any atom is -0.497 e. The molecule has 0 radical (unpaired) electrons. The van der Waals surface area contributed by atoms with Gasteiger partial charge in [-0.3, -0.25) is 4.79 Å². The van der Waals surface area contributed by atoms with Gasteiger partial charge in [-0.05, 0) is 37.1 Å². The SMILES string of the molecule is COc1ccc2c(C)c(CCC(=O)N3CCc4[nH]c5ccccc5c4C3)c(=O)oc2c1.